The molecule has 0 heterocycles. The maximum atomic E-state index is 12.1. The van der Waals surface area contributed by atoms with Crippen molar-refractivity contribution in [1.29, 1.82) is 5.26 Å². The van der Waals surface area contributed by atoms with Crippen LogP contribution < -0.4 is 5.32 Å². The van der Waals surface area contributed by atoms with Gasteiger partial charge in [-0.15, -0.1) is 0 Å². The average molecular weight is 389 g/mol. The Morgan fingerprint density at radius 1 is 1.26 bits per heavy atom. The number of carbonyl (C=O) groups excluding carboxylic acids is 1. The lowest BCUT2D eigenvalue weighted by Gasteiger charge is -2.37. The van der Waals surface area contributed by atoms with Crippen molar-refractivity contribution in [3.05, 3.63) is 35.9 Å². The number of carbonyl (C=O) groups is 1. The molecule has 1 aromatic rings. The number of alkyl carbamates (subject to hydrolysis) is 1. The first-order valence-corrected chi connectivity index (χ1v) is 12.5. The first-order chi connectivity index (χ1) is 12.6. The summed E-state index contributed by atoms with van der Waals surface area (Å²) >= 11 is 0. The van der Waals surface area contributed by atoms with Crippen LogP contribution in [0.25, 0.3) is 0 Å². The number of nitrogens with one attached hydrogen (secondary N) is 1. The highest BCUT2D eigenvalue weighted by Gasteiger charge is 2.40. The molecule has 0 aromatic heterocycles. The van der Waals surface area contributed by atoms with Crippen molar-refractivity contribution in [2.45, 2.75) is 64.4 Å². The second-order valence-corrected chi connectivity index (χ2v) is 13.8. The molecule has 3 atom stereocenters. The number of hydrogen-bond donors (Lipinski definition) is 1. The molecule has 0 radical (unpaired) electrons. The van der Waals surface area contributed by atoms with Gasteiger partial charge in [-0.2, -0.15) is 5.26 Å². The fourth-order valence-corrected chi connectivity index (χ4v) is 4.13. The molecule has 1 saturated carbocycles. The monoisotopic (exact) mass is 388 g/mol. The average Bonchev–Trinajstić information content (AvgIpc) is 3.00. The van der Waals surface area contributed by atoms with Crippen molar-refractivity contribution >= 4 is 14.4 Å². The lowest BCUT2D eigenvalue weighted by atomic mass is 10.1. The standard InChI is InChI=1S/C21H32N2O3Si/c1-21(2,3)27(4,5)26-15-17-11-18(13-22)19(12-17)23-20(24)25-14-16-9-7-6-8-10-16/h6-10,17-19H,11-12,14-15H2,1-5H3,(H,23,24). The Labute approximate surface area is 164 Å². The minimum Gasteiger partial charge on any atom is -0.445 e. The van der Waals surface area contributed by atoms with Crippen molar-refractivity contribution in [1.82, 2.24) is 5.32 Å². The van der Waals surface area contributed by atoms with E-state index in [1.807, 2.05) is 30.3 Å². The Kier molecular flexibility index (Phi) is 7.07. The lowest BCUT2D eigenvalue weighted by molar-refractivity contribution is 0.134. The van der Waals surface area contributed by atoms with E-state index in [9.17, 15) is 10.1 Å². The van der Waals surface area contributed by atoms with Crippen molar-refractivity contribution in [2.24, 2.45) is 11.8 Å². The summed E-state index contributed by atoms with van der Waals surface area (Å²) in [5.74, 6) is 0.102. The number of benzene rings is 1. The van der Waals surface area contributed by atoms with E-state index in [0.29, 0.717) is 12.5 Å². The highest BCUT2D eigenvalue weighted by Crippen LogP contribution is 2.38. The second kappa shape index (κ2) is 8.90. The van der Waals surface area contributed by atoms with Gasteiger partial charge in [-0.3, -0.25) is 0 Å². The molecule has 2 rings (SSSR count). The zero-order valence-corrected chi connectivity index (χ0v) is 18.1. The molecule has 0 aliphatic heterocycles. The van der Waals surface area contributed by atoms with Crippen LogP contribution in [0.1, 0.15) is 39.2 Å². The summed E-state index contributed by atoms with van der Waals surface area (Å²) < 4.78 is 11.6. The fourth-order valence-electron chi connectivity index (χ4n) is 3.04. The summed E-state index contributed by atoms with van der Waals surface area (Å²) in [6.45, 7) is 12.0. The third kappa shape index (κ3) is 6.08. The molecular weight excluding hydrogens is 356 g/mol. The number of rotatable bonds is 6. The van der Waals surface area contributed by atoms with E-state index in [1.165, 1.54) is 0 Å². The van der Waals surface area contributed by atoms with Gasteiger partial charge in [-0.05, 0) is 42.5 Å². The van der Waals surface area contributed by atoms with Gasteiger partial charge in [0.1, 0.15) is 6.61 Å². The van der Waals surface area contributed by atoms with Crippen LogP contribution >= 0.6 is 0 Å². The smallest absolute Gasteiger partial charge is 0.407 e. The van der Waals surface area contributed by atoms with E-state index in [0.717, 1.165) is 18.4 Å². The molecule has 1 fully saturated rings. The van der Waals surface area contributed by atoms with Crippen molar-refractivity contribution < 1.29 is 14.0 Å². The Morgan fingerprint density at radius 3 is 2.52 bits per heavy atom. The first-order valence-electron chi connectivity index (χ1n) is 9.63. The van der Waals surface area contributed by atoms with E-state index in [1.54, 1.807) is 0 Å². The maximum Gasteiger partial charge on any atom is 0.407 e. The molecule has 3 unspecified atom stereocenters. The molecule has 0 spiro atoms. The van der Waals surface area contributed by atoms with Crippen molar-refractivity contribution in [3.63, 3.8) is 0 Å². The zero-order chi connectivity index (χ0) is 20.1. The lowest BCUT2D eigenvalue weighted by Crippen LogP contribution is -2.42. The third-order valence-electron chi connectivity index (χ3n) is 5.83. The summed E-state index contributed by atoms with van der Waals surface area (Å²) in [7, 11) is -1.80. The van der Waals surface area contributed by atoms with Gasteiger partial charge in [0, 0.05) is 12.6 Å². The Balaban J connectivity index is 1.83. The molecule has 1 aliphatic rings. The van der Waals surface area contributed by atoms with Crippen LogP contribution in [0.15, 0.2) is 30.3 Å². The Hall–Kier alpha value is -1.84. The summed E-state index contributed by atoms with van der Waals surface area (Å²) in [4.78, 5) is 12.1. The van der Waals surface area contributed by atoms with Crippen LogP contribution in [0.5, 0.6) is 0 Å². The molecule has 6 heteroatoms. The van der Waals surface area contributed by atoms with Crippen LogP contribution in [0.3, 0.4) is 0 Å². The number of hydrogen-bond acceptors (Lipinski definition) is 4. The van der Waals surface area contributed by atoms with Gasteiger partial charge in [-0.25, -0.2) is 4.79 Å². The van der Waals surface area contributed by atoms with Gasteiger partial charge >= 0.3 is 6.09 Å². The number of amides is 1. The maximum absolute atomic E-state index is 12.1. The van der Waals surface area contributed by atoms with E-state index in [2.05, 4.69) is 45.3 Å². The minimum atomic E-state index is -1.80. The van der Waals surface area contributed by atoms with E-state index < -0.39 is 14.4 Å². The Bertz CT molecular complexity index is 664. The van der Waals surface area contributed by atoms with E-state index in [4.69, 9.17) is 9.16 Å². The predicted octanol–water partition coefficient (Wildman–Crippen LogP) is 4.85. The van der Waals surface area contributed by atoms with Crippen molar-refractivity contribution in [2.75, 3.05) is 6.61 Å². The van der Waals surface area contributed by atoms with Gasteiger partial charge in [0.05, 0.1) is 12.0 Å². The van der Waals surface area contributed by atoms with Crippen molar-refractivity contribution in [3.8, 4) is 6.07 Å². The topological polar surface area (TPSA) is 71.3 Å². The van der Waals surface area contributed by atoms with E-state index >= 15 is 0 Å². The molecule has 1 N–H and O–H groups in total. The molecule has 148 valence electrons. The molecule has 1 aromatic carbocycles. The highest BCUT2D eigenvalue weighted by molar-refractivity contribution is 6.74. The van der Waals surface area contributed by atoms with Crippen LogP contribution in [-0.2, 0) is 15.8 Å². The zero-order valence-electron chi connectivity index (χ0n) is 17.1. The first kappa shape index (κ1) is 21.5. The summed E-state index contributed by atoms with van der Waals surface area (Å²) in [5.41, 5.74) is 0.941. The van der Waals surface area contributed by atoms with Crippen LogP contribution in [0.4, 0.5) is 4.79 Å². The summed E-state index contributed by atoms with van der Waals surface area (Å²) in [6.07, 6.45) is 1.05. The normalized spacial score (nSPS) is 22.9. The third-order valence-corrected chi connectivity index (χ3v) is 10.3. The molecule has 5 nitrogen and oxygen atoms in total. The predicted molar refractivity (Wildman–Crippen MR) is 109 cm³/mol. The van der Waals surface area contributed by atoms with Gasteiger partial charge in [0.15, 0.2) is 8.32 Å². The molecule has 0 bridgehead atoms. The van der Waals surface area contributed by atoms with Gasteiger partial charge in [0.25, 0.3) is 0 Å². The molecule has 1 amide bonds. The number of ether oxygens (including phenoxy) is 1. The van der Waals surface area contributed by atoms with Crippen LogP contribution in [0.2, 0.25) is 18.1 Å². The molecule has 27 heavy (non-hydrogen) atoms. The van der Waals surface area contributed by atoms with Gasteiger partial charge < -0.3 is 14.5 Å². The second-order valence-electron chi connectivity index (χ2n) is 8.96. The summed E-state index contributed by atoms with van der Waals surface area (Å²) in [5, 5.41) is 12.5. The van der Waals surface area contributed by atoms with Crippen LogP contribution in [-0.4, -0.2) is 27.1 Å². The minimum absolute atomic E-state index is 0.166. The number of nitrogens with zero attached hydrogens (tertiary/aromatic N) is 1. The van der Waals surface area contributed by atoms with Gasteiger partial charge in [0.2, 0.25) is 0 Å². The molecular formula is C21H32N2O3Si. The van der Waals surface area contributed by atoms with Gasteiger partial charge in [-0.1, -0.05) is 51.1 Å². The molecule has 0 saturated heterocycles. The number of nitriles is 1. The van der Waals surface area contributed by atoms with Crippen LogP contribution in [0, 0.1) is 23.2 Å². The van der Waals surface area contributed by atoms with E-state index in [-0.39, 0.29) is 23.6 Å². The quantitative estimate of drug-likeness (QED) is 0.707. The Morgan fingerprint density at radius 2 is 1.93 bits per heavy atom. The summed E-state index contributed by atoms with van der Waals surface area (Å²) in [6, 6.07) is 11.7. The molecule has 1 aliphatic carbocycles. The SMILES string of the molecule is CC(C)(C)[Si](C)(C)OCC1CC(C#N)C(NC(=O)OCc2ccccc2)C1. The largest absolute Gasteiger partial charge is 0.445 e. The highest BCUT2D eigenvalue weighted by atomic mass is 28.4. The fraction of sp³-hybridized carbons (Fsp3) is 0.619.